The number of nitrogens with zero attached hydrogens (tertiary/aromatic N) is 2. The molecule has 0 spiro atoms. The van der Waals surface area contributed by atoms with Gasteiger partial charge in [0.15, 0.2) is 0 Å². The summed E-state index contributed by atoms with van der Waals surface area (Å²) < 4.78 is 0. The highest BCUT2D eigenvalue weighted by atomic mass is 15.1. The van der Waals surface area contributed by atoms with Gasteiger partial charge >= 0.3 is 0 Å². The summed E-state index contributed by atoms with van der Waals surface area (Å²) in [5.41, 5.74) is 34.5. The minimum atomic E-state index is -0.212. The van der Waals surface area contributed by atoms with Gasteiger partial charge in [-0.05, 0) is 231 Å². The number of rotatable bonds is 12. The molecule has 17 rings (SSSR count). The highest BCUT2D eigenvalue weighted by molar-refractivity contribution is 5.99. The molecule has 0 radical (unpaired) electrons. The molecule has 97 heavy (non-hydrogen) atoms. The third-order valence-corrected chi connectivity index (χ3v) is 21.5. The fourth-order valence-electron chi connectivity index (χ4n) is 16.3. The van der Waals surface area contributed by atoms with Gasteiger partial charge in [-0.25, -0.2) is 0 Å². The third kappa shape index (κ3) is 10.2. The van der Waals surface area contributed by atoms with Crippen molar-refractivity contribution in [2.24, 2.45) is 0 Å². The third-order valence-electron chi connectivity index (χ3n) is 21.5. The topological polar surface area (TPSA) is 6.48 Å². The molecular formula is C95H76N2. The predicted octanol–water partition coefficient (Wildman–Crippen LogP) is 26.1. The highest BCUT2D eigenvalue weighted by Crippen LogP contribution is 2.54. The quantitative estimate of drug-likeness (QED) is 0.113. The van der Waals surface area contributed by atoms with Crippen molar-refractivity contribution >= 4 is 80.0 Å². The number of fused-ring (bicyclic) bond motifs is 11. The van der Waals surface area contributed by atoms with E-state index in [1.165, 1.54) is 144 Å². The molecular weight excluding hydrogens is 1170 g/mol. The zero-order valence-electron chi connectivity index (χ0n) is 56.4. The Morgan fingerprint density at radius 3 is 0.845 bits per heavy atom. The molecule has 0 aromatic heterocycles. The van der Waals surface area contributed by atoms with E-state index in [4.69, 9.17) is 0 Å². The van der Waals surface area contributed by atoms with Crippen LogP contribution < -0.4 is 9.80 Å². The van der Waals surface area contributed by atoms with Gasteiger partial charge < -0.3 is 9.80 Å². The van der Waals surface area contributed by atoms with Crippen LogP contribution in [0.3, 0.4) is 0 Å². The monoisotopic (exact) mass is 1240 g/mol. The predicted molar refractivity (Wildman–Crippen MR) is 415 cm³/mol. The summed E-state index contributed by atoms with van der Waals surface area (Å²) in [6.45, 7) is 18.7. The van der Waals surface area contributed by atoms with Gasteiger partial charge in [0.25, 0.3) is 0 Å². The molecule has 3 aliphatic carbocycles. The minimum absolute atomic E-state index is 0.172. The van der Waals surface area contributed by atoms with Gasteiger partial charge in [-0.15, -0.1) is 0 Å². The number of hydrogen-bond acceptors (Lipinski definition) is 2. The normalized spacial score (nSPS) is 14.1. The largest absolute Gasteiger partial charge is 0.310 e. The van der Waals surface area contributed by atoms with Crippen molar-refractivity contribution in [3.05, 3.63) is 358 Å². The van der Waals surface area contributed by atoms with Crippen molar-refractivity contribution in [3.8, 4) is 55.6 Å². The number of anilines is 6. The first-order chi connectivity index (χ1) is 47.1. The van der Waals surface area contributed by atoms with E-state index in [2.05, 4.69) is 381 Å². The van der Waals surface area contributed by atoms with Gasteiger partial charge in [-0.2, -0.15) is 0 Å². The summed E-state index contributed by atoms with van der Waals surface area (Å²) in [5.74, 6) is 0. The van der Waals surface area contributed by atoms with Crippen molar-refractivity contribution in [2.45, 2.75) is 71.6 Å². The Hall–Kier alpha value is -11.3. The van der Waals surface area contributed by atoms with E-state index in [1.807, 2.05) is 0 Å². The molecule has 0 bridgehead atoms. The van der Waals surface area contributed by atoms with Gasteiger partial charge in [-0.3, -0.25) is 0 Å². The summed E-state index contributed by atoms with van der Waals surface area (Å²) >= 11 is 0. The molecule has 0 heterocycles. The van der Waals surface area contributed by atoms with Gasteiger partial charge in [0.2, 0.25) is 0 Å². The lowest BCUT2D eigenvalue weighted by Gasteiger charge is -2.28. The van der Waals surface area contributed by atoms with Crippen molar-refractivity contribution in [1.29, 1.82) is 0 Å². The second-order valence-electron chi connectivity index (χ2n) is 28.7. The van der Waals surface area contributed by atoms with Crippen LogP contribution in [0.4, 0.5) is 34.1 Å². The molecule has 3 aliphatic rings. The maximum absolute atomic E-state index is 2.44. The lowest BCUT2D eigenvalue weighted by molar-refractivity contribution is 0.660. The van der Waals surface area contributed by atoms with Crippen LogP contribution in [-0.2, 0) is 16.2 Å². The second kappa shape index (κ2) is 23.0. The lowest BCUT2D eigenvalue weighted by Crippen LogP contribution is -2.16. The Labute approximate surface area is 571 Å². The molecule has 466 valence electrons. The van der Waals surface area contributed by atoms with Crippen LogP contribution in [0.1, 0.15) is 108 Å². The lowest BCUT2D eigenvalue weighted by atomic mass is 9.81. The van der Waals surface area contributed by atoms with Crippen LogP contribution in [-0.4, -0.2) is 0 Å². The first-order valence-corrected chi connectivity index (χ1v) is 34.3. The van der Waals surface area contributed by atoms with E-state index in [0.29, 0.717) is 0 Å². The summed E-state index contributed by atoms with van der Waals surface area (Å²) in [7, 11) is 0. The van der Waals surface area contributed by atoms with Gasteiger partial charge in [0.1, 0.15) is 0 Å². The molecule has 0 aliphatic heterocycles. The first-order valence-electron chi connectivity index (χ1n) is 34.3. The van der Waals surface area contributed by atoms with Crippen LogP contribution in [0.15, 0.2) is 291 Å². The van der Waals surface area contributed by atoms with E-state index in [0.717, 1.165) is 34.1 Å². The standard InChI is InChI=1S/C95H76N2/c1-61-17-13-23-73(53-61)96(71-41-37-69(38-42-71)79-27-15-21-67-19-9-11-25-77(67)79)75-45-51-85-83-49-35-65(57-89(83)94(5,6)91(85)59-75)31-29-63-33-47-81-82-48-34-64(56-88(82)93(3,4)87(81)55-63)30-32-66-36-50-84-86-52-46-76(60-92(86)95(7,8)90(84)58-66)97(74-24-14-18-62(2)54-74)72-43-39-70(40-44-72)80-28-16-22-68-20-10-12-26-78(68)80/h9-60H,1-8H3. The summed E-state index contributed by atoms with van der Waals surface area (Å²) in [5, 5.41) is 5.04. The molecule has 2 nitrogen and oxygen atoms in total. The van der Waals surface area contributed by atoms with Crippen LogP contribution in [0.5, 0.6) is 0 Å². The van der Waals surface area contributed by atoms with E-state index >= 15 is 0 Å². The Kier molecular flexibility index (Phi) is 14.1. The van der Waals surface area contributed by atoms with Crippen LogP contribution >= 0.6 is 0 Å². The molecule has 14 aromatic carbocycles. The minimum Gasteiger partial charge on any atom is -0.310 e. The van der Waals surface area contributed by atoms with Crippen LogP contribution in [0, 0.1) is 13.8 Å². The SMILES string of the molecule is Cc1cccc(N(c2ccc(-c3cccc4ccccc34)cc2)c2ccc3c(c2)C(C)(C)c2cc(C=Cc4ccc5c(c4)C(C)(C)c4cc(C=Cc6ccc7c(c6)C(C)(C)c6cc(N(c8ccc(-c9cccc%10ccccc9%10)cc8)c8cccc(C)c8)ccc6-7)ccc4-5)ccc2-3)c1. The maximum atomic E-state index is 2.44. The van der Waals surface area contributed by atoms with Crippen molar-refractivity contribution < 1.29 is 0 Å². The zero-order chi connectivity index (χ0) is 65.9. The zero-order valence-corrected chi connectivity index (χ0v) is 56.4. The first kappa shape index (κ1) is 59.4. The molecule has 0 N–H and O–H groups in total. The van der Waals surface area contributed by atoms with E-state index < -0.39 is 0 Å². The van der Waals surface area contributed by atoms with Crippen molar-refractivity contribution in [1.82, 2.24) is 0 Å². The van der Waals surface area contributed by atoms with Crippen molar-refractivity contribution in [2.75, 3.05) is 9.80 Å². The van der Waals surface area contributed by atoms with E-state index in [-0.39, 0.29) is 16.2 Å². The fourth-order valence-corrected chi connectivity index (χ4v) is 16.3. The van der Waals surface area contributed by atoms with E-state index in [9.17, 15) is 0 Å². The average molecular weight is 1250 g/mol. The highest BCUT2D eigenvalue weighted by Gasteiger charge is 2.39. The summed E-state index contributed by atoms with van der Waals surface area (Å²) in [4.78, 5) is 4.83. The second-order valence-corrected chi connectivity index (χ2v) is 28.7. The molecule has 0 saturated heterocycles. The molecule has 0 saturated carbocycles. The molecule has 14 aromatic rings. The Bertz CT molecular complexity index is 5220. The average Bonchev–Trinajstić information content (AvgIpc) is 1.60. The number of hydrogen-bond donors (Lipinski definition) is 0. The maximum Gasteiger partial charge on any atom is 0.0465 e. The molecule has 0 amide bonds. The van der Waals surface area contributed by atoms with Gasteiger partial charge in [-0.1, -0.05) is 284 Å². The van der Waals surface area contributed by atoms with E-state index in [1.54, 1.807) is 0 Å². The Morgan fingerprint density at radius 1 is 0.227 bits per heavy atom. The Balaban J connectivity index is 0.601. The fraction of sp³-hybridized carbons (Fsp3) is 0.116. The van der Waals surface area contributed by atoms with Crippen LogP contribution in [0.2, 0.25) is 0 Å². The number of aryl methyl sites for hydroxylation is 2. The summed E-state index contributed by atoms with van der Waals surface area (Å²) in [6, 6.07) is 109. The van der Waals surface area contributed by atoms with Crippen molar-refractivity contribution in [3.63, 3.8) is 0 Å². The summed E-state index contributed by atoms with van der Waals surface area (Å²) in [6.07, 6.45) is 9.21. The molecule has 0 atom stereocenters. The molecule has 0 fully saturated rings. The molecule has 0 unspecified atom stereocenters. The smallest absolute Gasteiger partial charge is 0.0465 e. The Morgan fingerprint density at radius 2 is 0.505 bits per heavy atom. The molecule has 2 heteroatoms. The van der Waals surface area contributed by atoms with Crippen LogP contribution in [0.25, 0.3) is 101 Å². The van der Waals surface area contributed by atoms with Gasteiger partial charge in [0, 0.05) is 50.4 Å². The number of benzene rings is 14. The van der Waals surface area contributed by atoms with Gasteiger partial charge in [0.05, 0.1) is 0 Å².